The molecule has 0 saturated carbocycles. The van der Waals surface area contributed by atoms with E-state index in [4.69, 9.17) is 3.07 Å². The quantitative estimate of drug-likeness (QED) is 0.527. The molecule has 19 heavy (non-hydrogen) atoms. The molecule has 1 aliphatic heterocycles. The van der Waals surface area contributed by atoms with Crippen LogP contribution < -0.4 is 0 Å². The van der Waals surface area contributed by atoms with Crippen LogP contribution in [0.2, 0.25) is 0 Å². The third kappa shape index (κ3) is 2.49. The van der Waals surface area contributed by atoms with Gasteiger partial charge in [-0.05, 0) is 0 Å². The van der Waals surface area contributed by atoms with E-state index in [1.54, 1.807) is 0 Å². The molecule has 0 atom stereocenters. The van der Waals surface area contributed by atoms with Crippen molar-refractivity contribution in [1.29, 1.82) is 0 Å². The Morgan fingerprint density at radius 1 is 1.11 bits per heavy atom. The van der Waals surface area contributed by atoms with Gasteiger partial charge in [-0.1, -0.05) is 0 Å². The summed E-state index contributed by atoms with van der Waals surface area (Å²) in [6.45, 7) is 2.04. The van der Waals surface area contributed by atoms with Gasteiger partial charge in [0.15, 0.2) is 0 Å². The van der Waals surface area contributed by atoms with Crippen LogP contribution >= 0.6 is 20.2 Å². The zero-order chi connectivity index (χ0) is 13.2. The average molecular weight is 362 g/mol. The number of hydrogen-bond acceptors (Lipinski definition) is 2. The van der Waals surface area contributed by atoms with E-state index in [1.165, 1.54) is 5.56 Å². The van der Waals surface area contributed by atoms with E-state index in [9.17, 15) is 4.79 Å². The van der Waals surface area contributed by atoms with Crippen LogP contribution in [0.25, 0.3) is 0 Å². The molecule has 3 heteroatoms. The molecule has 0 spiro atoms. The molecule has 2 aromatic rings. The summed E-state index contributed by atoms with van der Waals surface area (Å²) in [5.74, 6) is 2.91. The normalized spacial score (nSPS) is 14.4. The minimum absolute atomic E-state index is 0.223. The van der Waals surface area contributed by atoms with Crippen LogP contribution in [0.1, 0.15) is 21.5 Å². The van der Waals surface area contributed by atoms with E-state index < -0.39 is 20.2 Å². The van der Waals surface area contributed by atoms with Crippen molar-refractivity contribution in [3.63, 3.8) is 0 Å². The van der Waals surface area contributed by atoms with Crippen molar-refractivity contribution in [1.82, 2.24) is 0 Å². The number of benzene rings is 2. The van der Waals surface area contributed by atoms with E-state index in [1.807, 2.05) is 55.5 Å². The van der Waals surface area contributed by atoms with Crippen molar-refractivity contribution < 1.29 is 7.86 Å². The van der Waals surface area contributed by atoms with Crippen molar-refractivity contribution in [2.75, 3.05) is 0 Å². The van der Waals surface area contributed by atoms with Crippen LogP contribution in [-0.2, 0) is 3.07 Å². The number of halogens is 1. The van der Waals surface area contributed by atoms with Crippen LogP contribution in [0.5, 0.6) is 0 Å². The standard InChI is InChI=1S/C16H11IO2/c1-12-5-4-6-13(11-12)9-10-17-15-8-3-2-7-14(15)16(18)19-17/h2-8,11H,1H3. The Hall–Kier alpha value is -1.80. The first-order valence-corrected chi connectivity index (χ1v) is 8.88. The molecule has 0 saturated heterocycles. The molecule has 0 aromatic heterocycles. The Balaban J connectivity index is 1.93. The molecule has 2 nitrogen and oxygen atoms in total. The SMILES string of the molecule is Cc1cccc(C#CI2OC(=O)c3ccccc32)c1. The minimum atomic E-state index is -2.12. The molecule has 0 amide bonds. The summed E-state index contributed by atoms with van der Waals surface area (Å²) < 4.78 is 9.61. The Morgan fingerprint density at radius 3 is 2.79 bits per heavy atom. The van der Waals surface area contributed by atoms with Gasteiger partial charge in [-0.25, -0.2) is 0 Å². The summed E-state index contributed by atoms with van der Waals surface area (Å²) in [6.07, 6.45) is 0. The first-order valence-electron chi connectivity index (χ1n) is 5.84. The molecule has 0 bridgehead atoms. The molecule has 1 heterocycles. The van der Waals surface area contributed by atoms with Gasteiger partial charge in [-0.3, -0.25) is 0 Å². The molecular formula is C16H11IO2. The Kier molecular flexibility index (Phi) is 3.26. The molecule has 3 rings (SSSR count). The fourth-order valence-electron chi connectivity index (χ4n) is 1.82. The molecule has 0 aliphatic carbocycles. The molecule has 1 aliphatic rings. The summed E-state index contributed by atoms with van der Waals surface area (Å²) in [5.41, 5.74) is 2.84. The van der Waals surface area contributed by atoms with Crippen molar-refractivity contribution in [3.05, 3.63) is 68.8 Å². The third-order valence-electron chi connectivity index (χ3n) is 2.72. The van der Waals surface area contributed by atoms with Crippen LogP contribution in [0.4, 0.5) is 0 Å². The fourth-order valence-corrected chi connectivity index (χ4v) is 5.11. The summed E-state index contributed by atoms with van der Waals surface area (Å²) >= 11 is -2.12. The van der Waals surface area contributed by atoms with Gasteiger partial charge in [0.25, 0.3) is 0 Å². The zero-order valence-corrected chi connectivity index (χ0v) is 12.5. The Morgan fingerprint density at radius 2 is 1.95 bits per heavy atom. The topological polar surface area (TPSA) is 26.3 Å². The number of carbonyl (C=O) groups excluding carboxylic acids is 1. The van der Waals surface area contributed by atoms with Gasteiger partial charge in [-0.2, -0.15) is 0 Å². The van der Waals surface area contributed by atoms with Crippen LogP contribution in [0, 0.1) is 20.3 Å². The monoisotopic (exact) mass is 362 g/mol. The zero-order valence-electron chi connectivity index (χ0n) is 10.3. The van der Waals surface area contributed by atoms with Gasteiger partial charge in [0.1, 0.15) is 0 Å². The predicted octanol–water partition coefficient (Wildman–Crippen LogP) is 3.77. The first kappa shape index (κ1) is 12.2. The van der Waals surface area contributed by atoms with Crippen molar-refractivity contribution >= 4 is 26.2 Å². The molecule has 94 valence electrons. The number of hydrogen-bond donors (Lipinski definition) is 0. The van der Waals surface area contributed by atoms with E-state index >= 15 is 0 Å². The average Bonchev–Trinajstić information content (AvgIpc) is 2.74. The van der Waals surface area contributed by atoms with Crippen LogP contribution in [0.15, 0.2) is 48.5 Å². The van der Waals surface area contributed by atoms with E-state index in [-0.39, 0.29) is 5.97 Å². The maximum atomic E-state index is 11.7. The number of aryl methyl sites for hydroxylation is 1. The second kappa shape index (κ2) is 5.06. The molecule has 0 N–H and O–H groups in total. The summed E-state index contributed by atoms with van der Waals surface area (Å²) in [5, 5.41) is 0. The van der Waals surface area contributed by atoms with E-state index in [2.05, 4.69) is 9.85 Å². The van der Waals surface area contributed by atoms with Crippen molar-refractivity contribution in [2.24, 2.45) is 0 Å². The first-order chi connectivity index (χ1) is 9.24. The van der Waals surface area contributed by atoms with Gasteiger partial charge in [0.05, 0.1) is 0 Å². The van der Waals surface area contributed by atoms with E-state index in [0.717, 1.165) is 9.13 Å². The van der Waals surface area contributed by atoms with Crippen LogP contribution in [0.3, 0.4) is 0 Å². The van der Waals surface area contributed by atoms with Gasteiger partial charge < -0.3 is 0 Å². The van der Waals surface area contributed by atoms with Gasteiger partial charge >= 0.3 is 120 Å². The van der Waals surface area contributed by atoms with Gasteiger partial charge in [-0.15, -0.1) is 0 Å². The van der Waals surface area contributed by atoms with Crippen LogP contribution in [-0.4, -0.2) is 5.97 Å². The van der Waals surface area contributed by atoms with Crippen molar-refractivity contribution in [3.8, 4) is 9.85 Å². The molecule has 0 radical (unpaired) electrons. The molecular weight excluding hydrogens is 351 g/mol. The van der Waals surface area contributed by atoms with Crippen molar-refractivity contribution in [2.45, 2.75) is 6.92 Å². The maximum absolute atomic E-state index is 11.7. The number of carbonyl (C=O) groups is 1. The number of fused-ring (bicyclic) bond motifs is 1. The fraction of sp³-hybridized carbons (Fsp3) is 0.0625. The Labute approximate surface area is 119 Å². The molecule has 0 fully saturated rings. The second-order valence-electron chi connectivity index (χ2n) is 4.18. The third-order valence-corrected chi connectivity index (χ3v) is 6.32. The summed E-state index contributed by atoms with van der Waals surface area (Å²) in [6, 6.07) is 15.6. The predicted molar refractivity (Wildman–Crippen MR) is 82.6 cm³/mol. The van der Waals surface area contributed by atoms with E-state index in [0.29, 0.717) is 5.56 Å². The van der Waals surface area contributed by atoms with Gasteiger partial charge in [0, 0.05) is 0 Å². The number of rotatable bonds is 0. The van der Waals surface area contributed by atoms with Gasteiger partial charge in [0.2, 0.25) is 0 Å². The molecule has 0 unspecified atom stereocenters. The molecule has 2 aromatic carbocycles. The second-order valence-corrected chi connectivity index (χ2v) is 7.74. The summed E-state index contributed by atoms with van der Waals surface area (Å²) in [4.78, 5) is 11.7. The Bertz CT molecular complexity index is 710. The summed E-state index contributed by atoms with van der Waals surface area (Å²) in [7, 11) is 0.